The maximum Gasteiger partial charge on any atom is 0.167 e. The molecule has 1 aliphatic heterocycles. The first-order valence-electron chi connectivity index (χ1n) is 7.42. The maximum absolute atomic E-state index is 5.95. The van der Waals surface area contributed by atoms with E-state index in [1.807, 2.05) is 30.6 Å². The van der Waals surface area contributed by atoms with E-state index >= 15 is 0 Å². The van der Waals surface area contributed by atoms with Gasteiger partial charge in [0.05, 0.1) is 17.9 Å². The number of nitrogens with one attached hydrogen (secondary N) is 2. The Balaban J connectivity index is 1.65. The quantitative estimate of drug-likeness (QED) is 0.661. The minimum Gasteiger partial charge on any atom is -0.384 e. The SMILES string of the molecule is NC(/C=C\c1ncc(-c2cc[nH+]cc2)[nH]1)=NC1CCOCC1. The summed E-state index contributed by atoms with van der Waals surface area (Å²) in [5, 5.41) is 0. The van der Waals surface area contributed by atoms with Gasteiger partial charge in [0.25, 0.3) is 0 Å². The van der Waals surface area contributed by atoms with Gasteiger partial charge in [-0.25, -0.2) is 9.97 Å². The summed E-state index contributed by atoms with van der Waals surface area (Å²) in [6.45, 7) is 1.53. The van der Waals surface area contributed by atoms with E-state index in [0.29, 0.717) is 5.84 Å². The molecule has 0 bridgehead atoms. The topological polar surface area (TPSA) is 90.4 Å². The van der Waals surface area contributed by atoms with Gasteiger partial charge in [0, 0.05) is 30.9 Å². The second kappa shape index (κ2) is 7.00. The van der Waals surface area contributed by atoms with E-state index in [1.54, 1.807) is 12.3 Å². The van der Waals surface area contributed by atoms with Crippen LogP contribution in [0.1, 0.15) is 18.7 Å². The minimum atomic E-state index is 0.270. The molecular formula is C16H20N5O+. The number of nitrogens with zero attached hydrogens (tertiary/aromatic N) is 2. The van der Waals surface area contributed by atoms with Crippen LogP contribution in [0, 0.1) is 0 Å². The lowest BCUT2D eigenvalue weighted by atomic mass is 10.1. The number of imidazole rings is 1. The summed E-state index contributed by atoms with van der Waals surface area (Å²) in [5.74, 6) is 1.28. The van der Waals surface area contributed by atoms with Gasteiger partial charge in [-0.15, -0.1) is 0 Å². The Hall–Kier alpha value is -2.47. The van der Waals surface area contributed by atoms with Crippen LogP contribution in [0.4, 0.5) is 0 Å². The highest BCUT2D eigenvalue weighted by Gasteiger charge is 2.12. The molecule has 0 aliphatic carbocycles. The lowest BCUT2D eigenvalue weighted by Gasteiger charge is -2.18. The highest BCUT2D eigenvalue weighted by molar-refractivity contribution is 5.94. The van der Waals surface area contributed by atoms with Gasteiger partial charge < -0.3 is 15.5 Å². The molecule has 3 heterocycles. The lowest BCUT2D eigenvalue weighted by Crippen LogP contribution is -2.22. The fourth-order valence-electron chi connectivity index (χ4n) is 2.37. The largest absolute Gasteiger partial charge is 0.384 e. The van der Waals surface area contributed by atoms with Crippen molar-refractivity contribution in [1.29, 1.82) is 0 Å². The molecule has 0 spiro atoms. The van der Waals surface area contributed by atoms with Crippen molar-refractivity contribution in [1.82, 2.24) is 9.97 Å². The second-order valence-corrected chi connectivity index (χ2v) is 5.20. The fraction of sp³-hybridized carbons (Fsp3) is 0.312. The van der Waals surface area contributed by atoms with Crippen molar-refractivity contribution in [3.05, 3.63) is 42.6 Å². The number of hydrogen-bond donors (Lipinski definition) is 2. The van der Waals surface area contributed by atoms with Gasteiger partial charge in [-0.3, -0.25) is 4.99 Å². The zero-order valence-electron chi connectivity index (χ0n) is 12.3. The first-order valence-corrected chi connectivity index (χ1v) is 7.42. The molecule has 6 nitrogen and oxygen atoms in total. The molecule has 0 amide bonds. The van der Waals surface area contributed by atoms with Gasteiger partial charge in [0.15, 0.2) is 12.4 Å². The molecule has 1 aliphatic rings. The summed E-state index contributed by atoms with van der Waals surface area (Å²) in [7, 11) is 0. The number of rotatable bonds is 4. The molecule has 0 atom stereocenters. The van der Waals surface area contributed by atoms with Crippen LogP contribution in [0.25, 0.3) is 17.3 Å². The van der Waals surface area contributed by atoms with Gasteiger partial charge in [-0.1, -0.05) is 0 Å². The highest BCUT2D eigenvalue weighted by Crippen LogP contribution is 2.15. The summed E-state index contributed by atoms with van der Waals surface area (Å²) in [4.78, 5) is 15.1. The van der Waals surface area contributed by atoms with Crippen molar-refractivity contribution in [2.24, 2.45) is 10.7 Å². The van der Waals surface area contributed by atoms with E-state index in [0.717, 1.165) is 43.1 Å². The van der Waals surface area contributed by atoms with Crippen molar-refractivity contribution in [3.8, 4) is 11.3 Å². The molecule has 22 heavy (non-hydrogen) atoms. The number of H-pyrrole nitrogens is 2. The standard InChI is InChI=1S/C16H19N5O/c17-15(20-13-5-9-22-10-6-13)1-2-16-19-11-14(21-16)12-3-7-18-8-4-12/h1-4,7-8,11,13H,5-6,9-10H2,(H2,17,20)(H,19,21)/p+1/b2-1-. The third kappa shape index (κ3) is 3.79. The Bertz CT molecular complexity index is 656. The Morgan fingerprint density at radius 2 is 2.14 bits per heavy atom. The predicted octanol–water partition coefficient (Wildman–Crippen LogP) is 1.44. The number of aromatic nitrogens is 3. The average Bonchev–Trinajstić information content (AvgIpc) is 3.04. The zero-order valence-corrected chi connectivity index (χ0v) is 12.3. The minimum absolute atomic E-state index is 0.270. The van der Waals surface area contributed by atoms with E-state index in [2.05, 4.69) is 19.9 Å². The number of ether oxygens (including phenoxy) is 1. The van der Waals surface area contributed by atoms with Crippen LogP contribution in [0.15, 0.2) is 41.8 Å². The van der Waals surface area contributed by atoms with Crippen LogP contribution < -0.4 is 10.7 Å². The molecule has 6 heteroatoms. The summed E-state index contributed by atoms with van der Waals surface area (Å²) >= 11 is 0. The Kier molecular flexibility index (Phi) is 4.60. The molecule has 1 saturated heterocycles. The van der Waals surface area contributed by atoms with Crippen molar-refractivity contribution in [3.63, 3.8) is 0 Å². The first kappa shape index (κ1) is 14.5. The van der Waals surface area contributed by atoms with Gasteiger partial charge in [-0.2, -0.15) is 0 Å². The smallest absolute Gasteiger partial charge is 0.167 e. The van der Waals surface area contributed by atoms with Crippen LogP contribution in [0.5, 0.6) is 0 Å². The van der Waals surface area contributed by atoms with Crippen LogP contribution in [0.2, 0.25) is 0 Å². The monoisotopic (exact) mass is 298 g/mol. The molecule has 0 saturated carbocycles. The van der Waals surface area contributed by atoms with Crippen LogP contribution in [-0.4, -0.2) is 35.1 Å². The number of nitrogens with two attached hydrogens (primary N) is 1. The third-order valence-corrected chi connectivity index (χ3v) is 3.56. The normalized spacial score (nSPS) is 17.2. The number of hydrogen-bond acceptors (Lipinski definition) is 3. The Labute approximate surface area is 129 Å². The molecule has 114 valence electrons. The number of aromatic amines is 2. The van der Waals surface area contributed by atoms with Gasteiger partial charge in [0.1, 0.15) is 11.7 Å². The first-order chi connectivity index (χ1) is 10.8. The van der Waals surface area contributed by atoms with Crippen molar-refractivity contribution in [2.75, 3.05) is 13.2 Å². The molecule has 2 aromatic rings. The van der Waals surface area contributed by atoms with Crippen molar-refractivity contribution < 1.29 is 9.72 Å². The van der Waals surface area contributed by atoms with E-state index < -0.39 is 0 Å². The van der Waals surface area contributed by atoms with E-state index in [9.17, 15) is 0 Å². The summed E-state index contributed by atoms with van der Waals surface area (Å²) < 4.78 is 5.31. The van der Waals surface area contributed by atoms with Crippen molar-refractivity contribution in [2.45, 2.75) is 18.9 Å². The predicted molar refractivity (Wildman–Crippen MR) is 85.1 cm³/mol. The van der Waals surface area contributed by atoms with E-state index in [1.165, 1.54) is 0 Å². The second-order valence-electron chi connectivity index (χ2n) is 5.20. The molecule has 1 fully saturated rings. The molecule has 3 rings (SSSR count). The molecular weight excluding hydrogens is 278 g/mol. The summed E-state index contributed by atoms with van der Waals surface area (Å²) in [6, 6.07) is 4.25. The Morgan fingerprint density at radius 1 is 1.36 bits per heavy atom. The van der Waals surface area contributed by atoms with Crippen LogP contribution in [-0.2, 0) is 4.74 Å². The van der Waals surface area contributed by atoms with Crippen LogP contribution in [0.3, 0.4) is 0 Å². The molecule has 0 radical (unpaired) electrons. The molecule has 0 aromatic carbocycles. The fourth-order valence-corrected chi connectivity index (χ4v) is 2.37. The summed E-state index contributed by atoms with van der Waals surface area (Å²) in [5.41, 5.74) is 7.99. The molecule has 0 unspecified atom stereocenters. The van der Waals surface area contributed by atoms with E-state index in [4.69, 9.17) is 10.5 Å². The number of amidine groups is 1. The zero-order chi connectivity index (χ0) is 15.2. The van der Waals surface area contributed by atoms with Gasteiger partial charge in [0.2, 0.25) is 0 Å². The van der Waals surface area contributed by atoms with Gasteiger partial charge >= 0.3 is 0 Å². The van der Waals surface area contributed by atoms with E-state index in [-0.39, 0.29) is 6.04 Å². The van der Waals surface area contributed by atoms with Crippen LogP contribution >= 0.6 is 0 Å². The molecule has 4 N–H and O–H groups in total. The van der Waals surface area contributed by atoms with Crippen molar-refractivity contribution >= 4 is 11.9 Å². The Morgan fingerprint density at radius 3 is 2.91 bits per heavy atom. The molecule has 2 aromatic heterocycles. The average molecular weight is 298 g/mol. The van der Waals surface area contributed by atoms with Gasteiger partial charge in [-0.05, 0) is 25.0 Å². The number of pyridine rings is 1. The third-order valence-electron chi connectivity index (χ3n) is 3.56. The lowest BCUT2D eigenvalue weighted by molar-refractivity contribution is -0.377. The summed E-state index contributed by atoms with van der Waals surface area (Å²) in [6.07, 6.45) is 11.1. The number of aliphatic imine (C=N–C) groups is 1. The maximum atomic E-state index is 5.95. The highest BCUT2D eigenvalue weighted by atomic mass is 16.5.